The van der Waals surface area contributed by atoms with Gasteiger partial charge in [0, 0.05) is 5.69 Å². The van der Waals surface area contributed by atoms with E-state index in [0.29, 0.717) is 11.3 Å². The van der Waals surface area contributed by atoms with Crippen LogP contribution in [-0.2, 0) is 22.6 Å². The summed E-state index contributed by atoms with van der Waals surface area (Å²) in [4.78, 5) is 27.9. The van der Waals surface area contributed by atoms with Crippen molar-refractivity contribution < 1.29 is 9.59 Å². The summed E-state index contributed by atoms with van der Waals surface area (Å²) < 4.78 is 0. The Morgan fingerprint density at radius 1 is 0.767 bits per heavy atom. The Labute approximate surface area is 176 Å². The molecule has 1 aliphatic rings. The highest BCUT2D eigenvalue weighted by molar-refractivity contribution is 6.36. The van der Waals surface area contributed by atoms with Gasteiger partial charge in [-0.2, -0.15) is 0 Å². The normalized spacial score (nSPS) is 13.9. The summed E-state index contributed by atoms with van der Waals surface area (Å²) >= 11 is 0. The van der Waals surface area contributed by atoms with Gasteiger partial charge in [-0.15, -0.1) is 0 Å². The van der Waals surface area contributed by atoms with Gasteiger partial charge in [0.25, 0.3) is 11.8 Å². The number of amides is 2. The SMILES string of the molecule is CCc1ccc(NC2=C(c3ccc(C)cc3)C(=O)N(Cc3ccccc3)C2=O)cc1. The zero-order valence-electron chi connectivity index (χ0n) is 17.2. The molecule has 0 saturated carbocycles. The minimum atomic E-state index is -0.306. The Morgan fingerprint density at radius 2 is 1.43 bits per heavy atom. The smallest absolute Gasteiger partial charge is 0.278 e. The predicted molar refractivity (Wildman–Crippen MR) is 120 cm³/mol. The molecule has 4 rings (SSSR count). The molecule has 0 aliphatic carbocycles. The molecule has 4 nitrogen and oxygen atoms in total. The van der Waals surface area contributed by atoms with Crippen LogP contribution in [0.15, 0.2) is 84.6 Å². The number of imide groups is 1. The van der Waals surface area contributed by atoms with Crippen molar-refractivity contribution in [1.82, 2.24) is 4.90 Å². The molecule has 1 heterocycles. The van der Waals surface area contributed by atoms with E-state index < -0.39 is 0 Å². The zero-order chi connectivity index (χ0) is 21.1. The molecule has 150 valence electrons. The lowest BCUT2D eigenvalue weighted by atomic mass is 10.0. The number of benzene rings is 3. The van der Waals surface area contributed by atoms with Crippen LogP contribution in [0.3, 0.4) is 0 Å². The fourth-order valence-corrected chi connectivity index (χ4v) is 3.56. The third-order valence-electron chi connectivity index (χ3n) is 5.32. The first kappa shape index (κ1) is 19.6. The summed E-state index contributed by atoms with van der Waals surface area (Å²) in [6, 6.07) is 25.2. The molecule has 0 saturated heterocycles. The Bertz CT molecular complexity index is 1100. The molecule has 0 radical (unpaired) electrons. The summed E-state index contributed by atoms with van der Waals surface area (Å²) in [5, 5.41) is 3.22. The van der Waals surface area contributed by atoms with Crippen molar-refractivity contribution in [2.24, 2.45) is 0 Å². The number of rotatable bonds is 6. The van der Waals surface area contributed by atoms with Gasteiger partial charge in [-0.05, 0) is 42.2 Å². The number of aryl methyl sites for hydroxylation is 2. The molecule has 0 spiro atoms. The van der Waals surface area contributed by atoms with E-state index in [1.54, 1.807) is 0 Å². The number of anilines is 1. The molecule has 3 aromatic carbocycles. The van der Waals surface area contributed by atoms with Crippen LogP contribution < -0.4 is 5.32 Å². The van der Waals surface area contributed by atoms with E-state index in [4.69, 9.17) is 0 Å². The minimum absolute atomic E-state index is 0.244. The second-order valence-electron chi connectivity index (χ2n) is 7.47. The van der Waals surface area contributed by atoms with Crippen LogP contribution in [-0.4, -0.2) is 16.7 Å². The topological polar surface area (TPSA) is 49.4 Å². The molecular weight excluding hydrogens is 372 g/mol. The zero-order valence-corrected chi connectivity index (χ0v) is 17.2. The molecule has 0 aromatic heterocycles. The molecule has 0 unspecified atom stereocenters. The molecule has 0 bridgehead atoms. The summed E-state index contributed by atoms with van der Waals surface area (Å²) in [7, 11) is 0. The van der Waals surface area contributed by atoms with E-state index >= 15 is 0 Å². The lowest BCUT2D eigenvalue weighted by molar-refractivity contribution is -0.137. The monoisotopic (exact) mass is 396 g/mol. The second kappa shape index (κ2) is 8.37. The highest BCUT2D eigenvalue weighted by Gasteiger charge is 2.39. The Kier molecular flexibility index (Phi) is 5.48. The van der Waals surface area contributed by atoms with Crippen LogP contribution in [0.25, 0.3) is 5.57 Å². The molecule has 0 atom stereocenters. The van der Waals surface area contributed by atoms with E-state index in [2.05, 4.69) is 12.2 Å². The number of carbonyl (C=O) groups is 2. The Morgan fingerprint density at radius 3 is 2.07 bits per heavy atom. The van der Waals surface area contributed by atoms with Gasteiger partial charge in [0.1, 0.15) is 5.70 Å². The third-order valence-corrected chi connectivity index (χ3v) is 5.32. The van der Waals surface area contributed by atoms with Gasteiger partial charge in [0.2, 0.25) is 0 Å². The van der Waals surface area contributed by atoms with Crippen LogP contribution in [0.2, 0.25) is 0 Å². The van der Waals surface area contributed by atoms with Crippen LogP contribution >= 0.6 is 0 Å². The first-order chi connectivity index (χ1) is 14.6. The first-order valence-corrected chi connectivity index (χ1v) is 10.1. The lowest BCUT2D eigenvalue weighted by Crippen LogP contribution is -2.31. The van der Waals surface area contributed by atoms with E-state index in [1.807, 2.05) is 85.8 Å². The Balaban J connectivity index is 1.72. The van der Waals surface area contributed by atoms with Gasteiger partial charge < -0.3 is 5.32 Å². The average Bonchev–Trinajstić information content (AvgIpc) is 3.00. The third kappa shape index (κ3) is 3.90. The first-order valence-electron chi connectivity index (χ1n) is 10.1. The molecule has 4 heteroatoms. The van der Waals surface area contributed by atoms with Crippen molar-refractivity contribution in [2.45, 2.75) is 26.8 Å². The summed E-state index contributed by atoms with van der Waals surface area (Å²) in [5.74, 6) is -0.584. The van der Waals surface area contributed by atoms with Gasteiger partial charge >= 0.3 is 0 Å². The number of carbonyl (C=O) groups excluding carboxylic acids is 2. The molecule has 1 N–H and O–H groups in total. The van der Waals surface area contributed by atoms with Gasteiger partial charge in [0.15, 0.2) is 0 Å². The number of hydrogen-bond donors (Lipinski definition) is 1. The molecule has 30 heavy (non-hydrogen) atoms. The van der Waals surface area contributed by atoms with Gasteiger partial charge in [-0.25, -0.2) is 0 Å². The summed E-state index contributed by atoms with van der Waals surface area (Å²) in [5.41, 5.74) is 5.49. The second-order valence-corrected chi connectivity index (χ2v) is 7.47. The molecule has 3 aromatic rings. The van der Waals surface area contributed by atoms with Crippen molar-refractivity contribution in [3.8, 4) is 0 Å². The maximum atomic E-state index is 13.3. The summed E-state index contributed by atoms with van der Waals surface area (Å²) in [6.07, 6.45) is 0.944. The highest BCUT2D eigenvalue weighted by Crippen LogP contribution is 2.31. The minimum Gasteiger partial charge on any atom is -0.350 e. The maximum Gasteiger partial charge on any atom is 0.278 e. The van der Waals surface area contributed by atoms with Crippen molar-refractivity contribution in [3.63, 3.8) is 0 Å². The van der Waals surface area contributed by atoms with Crippen molar-refractivity contribution in [2.75, 3.05) is 5.32 Å². The molecular formula is C26H24N2O2. The van der Waals surface area contributed by atoms with Crippen LogP contribution in [0, 0.1) is 6.92 Å². The Hall–Kier alpha value is -3.66. The van der Waals surface area contributed by atoms with E-state index in [0.717, 1.165) is 28.8 Å². The lowest BCUT2D eigenvalue weighted by Gasteiger charge is -2.15. The fourth-order valence-electron chi connectivity index (χ4n) is 3.56. The standard InChI is InChI=1S/C26H24N2O2/c1-3-19-11-15-22(16-12-19)27-24-23(21-13-9-18(2)10-14-21)25(29)28(26(24)30)17-20-7-5-4-6-8-20/h4-16,27H,3,17H2,1-2H3. The van der Waals surface area contributed by atoms with Crippen LogP contribution in [0.5, 0.6) is 0 Å². The maximum absolute atomic E-state index is 13.3. The number of nitrogens with one attached hydrogen (secondary N) is 1. The van der Waals surface area contributed by atoms with Crippen molar-refractivity contribution >= 4 is 23.1 Å². The summed E-state index contributed by atoms with van der Waals surface area (Å²) in [6.45, 7) is 4.34. The van der Waals surface area contributed by atoms with Gasteiger partial charge in [0.05, 0.1) is 12.1 Å². The van der Waals surface area contributed by atoms with Gasteiger partial charge in [-0.1, -0.05) is 79.2 Å². The molecule has 0 fully saturated rings. The van der Waals surface area contributed by atoms with E-state index in [1.165, 1.54) is 10.5 Å². The quantitative estimate of drug-likeness (QED) is 0.600. The van der Waals surface area contributed by atoms with Crippen LogP contribution in [0.1, 0.15) is 29.2 Å². The van der Waals surface area contributed by atoms with Crippen LogP contribution in [0.4, 0.5) is 5.69 Å². The number of nitrogens with zero attached hydrogens (tertiary/aromatic N) is 1. The largest absolute Gasteiger partial charge is 0.350 e. The van der Waals surface area contributed by atoms with Gasteiger partial charge in [-0.3, -0.25) is 14.5 Å². The molecule has 1 aliphatic heterocycles. The fraction of sp³-hybridized carbons (Fsp3) is 0.154. The highest BCUT2D eigenvalue weighted by atomic mass is 16.2. The van der Waals surface area contributed by atoms with Crippen molar-refractivity contribution in [1.29, 1.82) is 0 Å². The van der Waals surface area contributed by atoms with E-state index in [-0.39, 0.29) is 18.4 Å². The van der Waals surface area contributed by atoms with E-state index in [9.17, 15) is 9.59 Å². The number of hydrogen-bond acceptors (Lipinski definition) is 3. The van der Waals surface area contributed by atoms with Crippen molar-refractivity contribution in [3.05, 3.63) is 107 Å². The predicted octanol–water partition coefficient (Wildman–Crippen LogP) is 4.95. The average molecular weight is 396 g/mol. The molecule has 2 amide bonds.